The Hall–Kier alpha value is -0.908. The number of aryl methyl sites for hydroxylation is 1. The van der Waals surface area contributed by atoms with Gasteiger partial charge in [0.1, 0.15) is 0 Å². The summed E-state index contributed by atoms with van der Waals surface area (Å²) in [5, 5.41) is 4.92. The largest absolute Gasteiger partial charge is 0.266 e. The Bertz CT molecular complexity index is 738. The van der Waals surface area contributed by atoms with Crippen LogP contribution in [0.15, 0.2) is 0 Å². The molecule has 0 amide bonds. The molecule has 0 spiro atoms. The smallest absolute Gasteiger partial charge is 0.0675 e. The van der Waals surface area contributed by atoms with Crippen molar-refractivity contribution in [3.63, 3.8) is 0 Å². The average Bonchev–Trinajstić information content (AvgIpc) is 2.80. The summed E-state index contributed by atoms with van der Waals surface area (Å²) in [6.07, 6.45) is 1.07. The molecule has 0 saturated heterocycles. The van der Waals surface area contributed by atoms with Crippen LogP contribution in [0.1, 0.15) is 72.9 Å². The van der Waals surface area contributed by atoms with Crippen molar-refractivity contribution in [2.75, 3.05) is 0 Å². The van der Waals surface area contributed by atoms with Gasteiger partial charge in [0.2, 0.25) is 0 Å². The summed E-state index contributed by atoms with van der Waals surface area (Å²) in [5.74, 6) is 0.616. The van der Waals surface area contributed by atoms with E-state index in [2.05, 4.69) is 73.9 Å². The number of benzene rings is 1. The number of hydrogen-bond donors (Lipinski definition) is 0. The van der Waals surface area contributed by atoms with E-state index in [0.717, 1.165) is 12.1 Å². The van der Waals surface area contributed by atoms with E-state index in [9.17, 15) is 0 Å². The summed E-state index contributed by atoms with van der Waals surface area (Å²) in [6, 6.07) is 0.388. The van der Waals surface area contributed by atoms with Crippen LogP contribution in [0.4, 0.5) is 0 Å². The van der Waals surface area contributed by atoms with Gasteiger partial charge in [-0.25, -0.2) is 0 Å². The Labute approximate surface area is 168 Å². The first kappa shape index (κ1) is 22.1. The third-order valence-corrected chi connectivity index (χ3v) is 5.53. The van der Waals surface area contributed by atoms with Gasteiger partial charge in [-0.05, 0) is 101 Å². The fourth-order valence-corrected chi connectivity index (χ4v) is 3.80. The van der Waals surface area contributed by atoms with Crippen LogP contribution in [0.25, 0.3) is 11.1 Å². The van der Waals surface area contributed by atoms with Crippen molar-refractivity contribution in [2.45, 2.75) is 81.7 Å². The molecular formula is C22H34N2Pd. The van der Waals surface area contributed by atoms with E-state index in [-0.39, 0.29) is 20.4 Å². The molecule has 0 aliphatic carbocycles. The van der Waals surface area contributed by atoms with Crippen molar-refractivity contribution in [3.8, 4) is 11.1 Å². The Morgan fingerprint density at radius 2 is 1.16 bits per heavy atom. The van der Waals surface area contributed by atoms with Gasteiger partial charge in [0.05, 0.1) is 5.69 Å². The maximum atomic E-state index is 4.92. The first-order chi connectivity index (χ1) is 11.1. The van der Waals surface area contributed by atoms with E-state index >= 15 is 0 Å². The minimum atomic E-state index is 0. The quantitative estimate of drug-likeness (QED) is 0.527. The molecule has 0 unspecified atom stereocenters. The summed E-state index contributed by atoms with van der Waals surface area (Å²) in [4.78, 5) is 0. The van der Waals surface area contributed by atoms with Gasteiger partial charge < -0.3 is 0 Å². The summed E-state index contributed by atoms with van der Waals surface area (Å²) < 4.78 is 2.24. The molecule has 1 heterocycles. The molecule has 0 saturated carbocycles. The average molecular weight is 433 g/mol. The molecule has 25 heavy (non-hydrogen) atoms. The fourth-order valence-electron chi connectivity index (χ4n) is 3.80. The Kier molecular flexibility index (Phi) is 7.25. The van der Waals surface area contributed by atoms with Gasteiger partial charge in [-0.2, -0.15) is 5.10 Å². The molecule has 0 bridgehead atoms. The third kappa shape index (κ3) is 3.94. The van der Waals surface area contributed by atoms with Gasteiger partial charge in [0, 0.05) is 37.7 Å². The van der Waals surface area contributed by atoms with E-state index in [1.165, 1.54) is 44.6 Å². The van der Waals surface area contributed by atoms with E-state index in [1.807, 2.05) is 0 Å². The molecule has 1 aromatic heterocycles. The van der Waals surface area contributed by atoms with E-state index in [0.29, 0.717) is 12.0 Å². The number of aromatic nitrogens is 2. The zero-order valence-corrected chi connectivity index (χ0v) is 19.1. The predicted octanol–water partition coefficient (Wildman–Crippen LogP) is 6.18. The molecule has 2 nitrogen and oxygen atoms in total. The summed E-state index contributed by atoms with van der Waals surface area (Å²) in [5.41, 5.74) is 12.4. The summed E-state index contributed by atoms with van der Waals surface area (Å²) in [7, 11) is 0. The van der Waals surface area contributed by atoms with E-state index < -0.39 is 0 Å². The van der Waals surface area contributed by atoms with Crippen LogP contribution in [0.2, 0.25) is 0 Å². The normalized spacial score (nSPS) is 11.4. The van der Waals surface area contributed by atoms with Gasteiger partial charge in [-0.15, -0.1) is 0 Å². The van der Waals surface area contributed by atoms with Crippen LogP contribution in [0, 0.1) is 47.5 Å². The molecule has 0 atom stereocenters. The number of hydrogen-bond acceptors (Lipinski definition) is 1. The molecule has 142 valence electrons. The molecule has 1 aromatic carbocycles. The summed E-state index contributed by atoms with van der Waals surface area (Å²) >= 11 is 0. The second kappa shape index (κ2) is 8.19. The predicted molar refractivity (Wildman–Crippen MR) is 105 cm³/mol. The van der Waals surface area contributed by atoms with Crippen LogP contribution in [0.3, 0.4) is 0 Å². The van der Waals surface area contributed by atoms with Crippen LogP contribution >= 0.6 is 0 Å². The van der Waals surface area contributed by atoms with Crippen molar-refractivity contribution in [1.29, 1.82) is 0 Å². The molecule has 0 aliphatic rings. The zero-order chi connectivity index (χ0) is 18.3. The van der Waals surface area contributed by atoms with Crippen molar-refractivity contribution in [1.82, 2.24) is 9.78 Å². The molecule has 0 N–H and O–H groups in total. The minimum absolute atomic E-state index is 0. The van der Waals surface area contributed by atoms with Crippen LogP contribution in [-0.2, 0) is 26.8 Å². The van der Waals surface area contributed by atoms with Crippen molar-refractivity contribution >= 4 is 0 Å². The second-order valence-corrected chi connectivity index (χ2v) is 8.04. The molecule has 0 radical (unpaired) electrons. The second-order valence-electron chi connectivity index (χ2n) is 8.04. The van der Waals surface area contributed by atoms with Gasteiger partial charge in [0.25, 0.3) is 0 Å². The van der Waals surface area contributed by atoms with Crippen molar-refractivity contribution in [3.05, 3.63) is 39.2 Å². The first-order valence-corrected chi connectivity index (χ1v) is 9.23. The molecule has 3 heteroatoms. The minimum Gasteiger partial charge on any atom is -0.266 e. The molecule has 0 fully saturated rings. The van der Waals surface area contributed by atoms with Crippen LogP contribution in [-0.4, -0.2) is 9.78 Å². The Morgan fingerprint density at radius 3 is 1.56 bits per heavy atom. The molecule has 2 aromatic rings. The Balaban J connectivity index is 0.00000312. The van der Waals surface area contributed by atoms with Gasteiger partial charge in [-0.1, -0.05) is 13.8 Å². The standard InChI is InChI=1S/C22H34N2.Pd/c1-12(2)11-20-22(19(10)23-24(20)13(3)4)21-17(8)15(6)14(5)16(7)18(21)9;/h12-13H,11H2,1-10H3;. The van der Waals surface area contributed by atoms with Crippen molar-refractivity contribution in [2.24, 2.45) is 5.92 Å². The Morgan fingerprint density at radius 1 is 0.720 bits per heavy atom. The molecular weight excluding hydrogens is 399 g/mol. The summed E-state index contributed by atoms with van der Waals surface area (Å²) in [6.45, 7) is 22.5. The van der Waals surface area contributed by atoms with Crippen molar-refractivity contribution < 1.29 is 20.4 Å². The topological polar surface area (TPSA) is 17.8 Å². The molecule has 2 rings (SSSR count). The maximum absolute atomic E-state index is 4.92. The van der Waals surface area contributed by atoms with Gasteiger partial charge in [0.15, 0.2) is 0 Å². The SMILES string of the molecule is Cc1nn(C(C)C)c(CC(C)C)c1-c1c(C)c(C)c(C)c(C)c1C.[Pd]. The number of rotatable bonds is 4. The van der Waals surface area contributed by atoms with Crippen LogP contribution in [0.5, 0.6) is 0 Å². The van der Waals surface area contributed by atoms with E-state index in [1.54, 1.807) is 0 Å². The maximum Gasteiger partial charge on any atom is 0.0675 e. The molecule has 0 aliphatic heterocycles. The number of nitrogens with zero attached hydrogens (tertiary/aromatic N) is 2. The van der Waals surface area contributed by atoms with Gasteiger partial charge >= 0.3 is 0 Å². The zero-order valence-electron chi connectivity index (χ0n) is 17.6. The van der Waals surface area contributed by atoms with E-state index in [4.69, 9.17) is 5.10 Å². The fraction of sp³-hybridized carbons (Fsp3) is 0.591. The van der Waals surface area contributed by atoms with Crippen LogP contribution < -0.4 is 0 Å². The third-order valence-electron chi connectivity index (χ3n) is 5.53. The van der Waals surface area contributed by atoms with Gasteiger partial charge in [-0.3, -0.25) is 4.68 Å². The first-order valence-electron chi connectivity index (χ1n) is 9.23. The monoisotopic (exact) mass is 432 g/mol.